The number of hydrogen-bond donors (Lipinski definition) is 2. The fourth-order valence-electron chi connectivity index (χ4n) is 8.93. The standard InChI is InChI=1S/C44H48N4O3/c1-30(31-14-4-2-5-15-31)46-43(49)41-37-22-12-13-23-40(37)48(42(32-16-6-3-7-17-32)38(41)28-47-26-24-45-25-27-47)44(50)51-29-39-35-20-10-8-18-33(35)34-19-9-11-21-36(34)39/h3,6-13,16-23,30-31,39,42,45H,2,4-5,14-15,24-29H2,1H3,(H,46,49)/t30-,42?/m0/s1. The number of benzene rings is 4. The van der Waals surface area contributed by atoms with E-state index in [-0.39, 0.29) is 24.5 Å². The van der Waals surface area contributed by atoms with Gasteiger partial charge in [0.05, 0.1) is 17.3 Å². The lowest BCUT2D eigenvalue weighted by Crippen LogP contribution is -2.48. The maximum absolute atomic E-state index is 14.8. The minimum Gasteiger partial charge on any atom is -0.448 e. The summed E-state index contributed by atoms with van der Waals surface area (Å²) in [6.07, 6.45) is 5.59. The van der Waals surface area contributed by atoms with E-state index in [1.54, 1.807) is 0 Å². The Bertz CT molecular complexity index is 1860. The maximum atomic E-state index is 14.8. The van der Waals surface area contributed by atoms with Gasteiger partial charge in [0, 0.05) is 50.2 Å². The first kappa shape index (κ1) is 33.4. The molecule has 2 aliphatic heterocycles. The van der Waals surface area contributed by atoms with Crippen molar-refractivity contribution in [2.24, 2.45) is 5.92 Å². The van der Waals surface area contributed by atoms with E-state index in [0.29, 0.717) is 23.7 Å². The van der Waals surface area contributed by atoms with Crippen molar-refractivity contribution in [3.63, 3.8) is 0 Å². The van der Waals surface area contributed by atoms with Gasteiger partial charge in [0.25, 0.3) is 5.91 Å². The third kappa shape index (κ3) is 6.61. The summed E-state index contributed by atoms with van der Waals surface area (Å²) in [5.74, 6) is 0.356. The first-order chi connectivity index (χ1) is 25.1. The van der Waals surface area contributed by atoms with Gasteiger partial charge in [0.1, 0.15) is 6.61 Å². The molecule has 8 rings (SSSR count). The third-order valence-corrected chi connectivity index (χ3v) is 11.5. The number of nitrogens with one attached hydrogen (secondary N) is 2. The number of rotatable bonds is 8. The second-order valence-electron chi connectivity index (χ2n) is 14.6. The molecule has 2 heterocycles. The Morgan fingerprint density at radius 3 is 2.08 bits per heavy atom. The Balaban J connectivity index is 1.19. The van der Waals surface area contributed by atoms with E-state index in [1.807, 2.05) is 47.4 Å². The van der Waals surface area contributed by atoms with Crippen molar-refractivity contribution < 1.29 is 14.3 Å². The summed E-state index contributed by atoms with van der Waals surface area (Å²) in [4.78, 5) is 33.7. The largest absolute Gasteiger partial charge is 0.448 e. The van der Waals surface area contributed by atoms with Crippen LogP contribution in [0.2, 0.25) is 0 Å². The molecule has 4 aromatic carbocycles. The molecule has 0 spiro atoms. The van der Waals surface area contributed by atoms with Gasteiger partial charge in [0.15, 0.2) is 0 Å². The van der Waals surface area contributed by atoms with Gasteiger partial charge in [-0.15, -0.1) is 0 Å². The van der Waals surface area contributed by atoms with E-state index in [4.69, 9.17) is 4.74 Å². The van der Waals surface area contributed by atoms with Crippen LogP contribution in [0.25, 0.3) is 16.7 Å². The second kappa shape index (κ2) is 14.9. The van der Waals surface area contributed by atoms with Crippen molar-refractivity contribution in [2.75, 3.05) is 44.2 Å². The molecule has 7 heteroatoms. The molecule has 1 unspecified atom stereocenters. The highest BCUT2D eigenvalue weighted by Gasteiger charge is 2.42. The molecule has 2 aliphatic carbocycles. The van der Waals surface area contributed by atoms with E-state index in [2.05, 4.69) is 83.1 Å². The van der Waals surface area contributed by atoms with Crippen LogP contribution in [0, 0.1) is 5.92 Å². The first-order valence-corrected chi connectivity index (χ1v) is 18.8. The fraction of sp³-hybridized carbons (Fsp3) is 0.364. The maximum Gasteiger partial charge on any atom is 0.415 e. The lowest BCUT2D eigenvalue weighted by Gasteiger charge is -2.42. The van der Waals surface area contributed by atoms with Crippen LogP contribution in [0.15, 0.2) is 109 Å². The molecule has 1 saturated heterocycles. The normalized spacial score (nSPS) is 19.9. The Morgan fingerprint density at radius 2 is 1.39 bits per heavy atom. The summed E-state index contributed by atoms with van der Waals surface area (Å²) in [7, 11) is 0. The van der Waals surface area contributed by atoms with Crippen molar-refractivity contribution >= 4 is 23.3 Å². The van der Waals surface area contributed by atoms with Crippen LogP contribution < -0.4 is 15.5 Å². The summed E-state index contributed by atoms with van der Waals surface area (Å²) in [6.45, 7) is 6.46. The van der Waals surface area contributed by atoms with Crippen LogP contribution in [0.1, 0.15) is 73.2 Å². The van der Waals surface area contributed by atoms with Crippen molar-refractivity contribution in [2.45, 2.75) is 57.0 Å². The molecular weight excluding hydrogens is 633 g/mol. The number of hydrogen-bond acceptors (Lipinski definition) is 5. The van der Waals surface area contributed by atoms with Gasteiger partial charge >= 0.3 is 6.09 Å². The summed E-state index contributed by atoms with van der Waals surface area (Å²) < 4.78 is 6.41. The van der Waals surface area contributed by atoms with Gasteiger partial charge in [-0.05, 0) is 65.1 Å². The third-order valence-electron chi connectivity index (χ3n) is 11.5. The van der Waals surface area contributed by atoms with Gasteiger partial charge in [-0.2, -0.15) is 0 Å². The van der Waals surface area contributed by atoms with Crippen LogP contribution in [0.3, 0.4) is 0 Å². The minimum atomic E-state index is -0.516. The van der Waals surface area contributed by atoms with Crippen molar-refractivity contribution in [3.05, 3.63) is 131 Å². The molecule has 2 atom stereocenters. The summed E-state index contributed by atoms with van der Waals surface area (Å²) >= 11 is 0. The van der Waals surface area contributed by atoms with Gasteiger partial charge in [-0.25, -0.2) is 4.79 Å². The quantitative estimate of drug-likeness (QED) is 0.198. The second-order valence-corrected chi connectivity index (χ2v) is 14.6. The molecule has 4 aliphatic rings. The van der Waals surface area contributed by atoms with E-state index in [1.165, 1.54) is 41.5 Å². The molecule has 2 fully saturated rings. The fourth-order valence-corrected chi connectivity index (χ4v) is 8.93. The van der Waals surface area contributed by atoms with Gasteiger partial charge in [-0.3, -0.25) is 14.6 Å². The van der Waals surface area contributed by atoms with Gasteiger partial charge in [-0.1, -0.05) is 116 Å². The molecule has 2 N–H and O–H groups in total. The Kier molecular flexibility index (Phi) is 9.74. The van der Waals surface area contributed by atoms with Crippen molar-refractivity contribution in [3.8, 4) is 11.1 Å². The molecule has 1 saturated carbocycles. The van der Waals surface area contributed by atoms with Crippen LogP contribution >= 0.6 is 0 Å². The number of nitrogens with zero attached hydrogens (tertiary/aromatic N) is 2. The summed E-state index contributed by atoms with van der Waals surface area (Å²) in [5.41, 5.74) is 8.78. The van der Waals surface area contributed by atoms with E-state index in [9.17, 15) is 9.59 Å². The molecule has 0 aromatic heterocycles. The van der Waals surface area contributed by atoms with Crippen LogP contribution in [0.4, 0.5) is 10.5 Å². The Hall–Kier alpha value is -4.72. The highest BCUT2D eigenvalue weighted by molar-refractivity contribution is 6.24. The topological polar surface area (TPSA) is 73.9 Å². The number of amides is 2. The molecular formula is C44H48N4O3. The lowest BCUT2D eigenvalue weighted by molar-refractivity contribution is -0.116. The molecule has 4 aromatic rings. The van der Waals surface area contributed by atoms with E-state index in [0.717, 1.165) is 55.7 Å². The monoisotopic (exact) mass is 680 g/mol. The number of carbonyl (C=O) groups is 2. The van der Waals surface area contributed by atoms with Gasteiger partial charge < -0.3 is 15.4 Å². The minimum absolute atomic E-state index is 0.0567. The van der Waals surface area contributed by atoms with Gasteiger partial charge in [0.2, 0.25) is 0 Å². The van der Waals surface area contributed by atoms with Crippen LogP contribution in [-0.4, -0.2) is 62.3 Å². The number of ether oxygens (including phenoxy) is 1. The Morgan fingerprint density at radius 1 is 0.784 bits per heavy atom. The van der Waals surface area contributed by atoms with E-state index >= 15 is 0 Å². The van der Waals surface area contributed by atoms with Crippen molar-refractivity contribution in [1.29, 1.82) is 0 Å². The highest BCUT2D eigenvalue weighted by Crippen LogP contribution is 2.48. The van der Waals surface area contributed by atoms with Crippen LogP contribution in [-0.2, 0) is 9.53 Å². The predicted octanol–water partition coefficient (Wildman–Crippen LogP) is 7.94. The predicted molar refractivity (Wildman–Crippen MR) is 204 cm³/mol. The Labute approximate surface area is 301 Å². The molecule has 7 nitrogen and oxygen atoms in total. The number of para-hydroxylation sites is 1. The molecule has 262 valence electrons. The molecule has 2 amide bonds. The summed E-state index contributed by atoms with van der Waals surface area (Å²) in [6, 6.07) is 34.4. The zero-order valence-electron chi connectivity index (χ0n) is 29.5. The number of fused-ring (bicyclic) bond motifs is 4. The first-order valence-electron chi connectivity index (χ1n) is 18.8. The SMILES string of the molecule is C[C@H](NC(=O)C1=C(CN2CCNCC2)C(c2ccccc2)N(C(=O)OCC2c3ccccc3-c3ccccc32)c2ccccc21)C1CCCCC1. The zero-order valence-corrected chi connectivity index (χ0v) is 29.5. The smallest absolute Gasteiger partial charge is 0.415 e. The number of piperazine rings is 1. The average molecular weight is 681 g/mol. The van der Waals surface area contributed by atoms with Crippen LogP contribution in [0.5, 0.6) is 0 Å². The number of anilines is 1. The summed E-state index contributed by atoms with van der Waals surface area (Å²) in [5, 5.41) is 6.93. The molecule has 0 radical (unpaired) electrons. The number of carbonyl (C=O) groups excluding carboxylic acids is 2. The molecule has 0 bridgehead atoms. The highest BCUT2D eigenvalue weighted by atomic mass is 16.6. The molecule has 51 heavy (non-hydrogen) atoms. The van der Waals surface area contributed by atoms with E-state index < -0.39 is 12.1 Å². The zero-order chi connectivity index (χ0) is 34.7. The van der Waals surface area contributed by atoms with Crippen molar-refractivity contribution in [1.82, 2.24) is 15.5 Å². The lowest BCUT2D eigenvalue weighted by atomic mass is 9.82. The average Bonchev–Trinajstić information content (AvgIpc) is 3.50.